The van der Waals surface area contributed by atoms with Crippen molar-refractivity contribution in [1.29, 1.82) is 0 Å². The second kappa shape index (κ2) is 4.86. The van der Waals surface area contributed by atoms with Gasteiger partial charge in [0, 0.05) is 36.8 Å². The fourth-order valence-electron chi connectivity index (χ4n) is 2.66. The summed E-state index contributed by atoms with van der Waals surface area (Å²) in [6.45, 7) is 9.18. The van der Waals surface area contributed by atoms with Crippen LogP contribution in [0.2, 0.25) is 0 Å². The van der Waals surface area contributed by atoms with Crippen molar-refractivity contribution in [2.24, 2.45) is 0 Å². The fraction of sp³-hybridized carbons (Fsp3) is 0.500. The summed E-state index contributed by atoms with van der Waals surface area (Å²) >= 11 is 0. The molecule has 2 aromatic rings. The van der Waals surface area contributed by atoms with Gasteiger partial charge in [-0.25, -0.2) is 9.97 Å². The van der Waals surface area contributed by atoms with Crippen molar-refractivity contribution in [3.05, 3.63) is 28.7 Å². The molecule has 0 amide bonds. The number of anilines is 1. The van der Waals surface area contributed by atoms with Crippen LogP contribution in [0.15, 0.2) is 6.07 Å². The predicted octanol–water partition coefficient (Wildman–Crippen LogP) is 1.24. The van der Waals surface area contributed by atoms with Crippen molar-refractivity contribution in [2.45, 2.75) is 33.7 Å². The first-order chi connectivity index (χ1) is 9.58. The van der Waals surface area contributed by atoms with E-state index in [1.807, 2.05) is 19.9 Å². The molecule has 6 heteroatoms. The molecule has 0 bridgehead atoms. The summed E-state index contributed by atoms with van der Waals surface area (Å²) in [6, 6.07) is 1.83. The molecule has 3 heterocycles. The maximum atomic E-state index is 5.96. The summed E-state index contributed by atoms with van der Waals surface area (Å²) in [5, 5.41) is 4.36. The zero-order valence-electron chi connectivity index (χ0n) is 12.2. The van der Waals surface area contributed by atoms with Gasteiger partial charge in [-0.15, -0.1) is 0 Å². The van der Waals surface area contributed by atoms with Crippen LogP contribution < -0.4 is 5.73 Å². The highest BCUT2D eigenvalue weighted by Gasteiger charge is 2.21. The number of rotatable bonds is 2. The number of nitrogens with two attached hydrogens (primary N) is 1. The summed E-state index contributed by atoms with van der Waals surface area (Å²) in [7, 11) is 0. The second-order valence-electron chi connectivity index (χ2n) is 5.28. The van der Waals surface area contributed by atoms with Crippen LogP contribution in [0.3, 0.4) is 0 Å². The van der Waals surface area contributed by atoms with Crippen LogP contribution >= 0.6 is 0 Å². The minimum Gasteiger partial charge on any atom is -0.383 e. The molecule has 0 aromatic carbocycles. The summed E-state index contributed by atoms with van der Waals surface area (Å²) in [5.41, 5.74) is 10.2. The molecular weight excluding hydrogens is 252 g/mol. The average Bonchev–Trinajstić information content (AvgIpc) is 2.77. The third-order valence-electron chi connectivity index (χ3n) is 3.83. The van der Waals surface area contributed by atoms with Crippen molar-refractivity contribution >= 4 is 5.82 Å². The molecule has 0 radical (unpaired) electrons. The van der Waals surface area contributed by atoms with E-state index in [0.717, 1.165) is 43.1 Å². The van der Waals surface area contributed by atoms with Crippen molar-refractivity contribution < 1.29 is 0 Å². The number of fused-ring (bicyclic) bond motifs is 1. The Morgan fingerprint density at radius 1 is 1.30 bits per heavy atom. The molecule has 6 nitrogen and oxygen atoms in total. The van der Waals surface area contributed by atoms with E-state index in [0.29, 0.717) is 11.8 Å². The minimum atomic E-state index is 0.577. The summed E-state index contributed by atoms with van der Waals surface area (Å²) in [6.07, 6.45) is 0.958. The second-order valence-corrected chi connectivity index (χ2v) is 5.28. The van der Waals surface area contributed by atoms with Gasteiger partial charge >= 0.3 is 0 Å². The number of aromatic nitrogens is 4. The van der Waals surface area contributed by atoms with Gasteiger partial charge in [0.25, 0.3) is 5.95 Å². The van der Waals surface area contributed by atoms with E-state index in [2.05, 4.69) is 26.9 Å². The summed E-state index contributed by atoms with van der Waals surface area (Å²) in [5.74, 6) is 1.16. The molecule has 0 fully saturated rings. The first-order valence-corrected chi connectivity index (χ1v) is 6.99. The Morgan fingerprint density at radius 3 is 2.75 bits per heavy atom. The van der Waals surface area contributed by atoms with E-state index >= 15 is 0 Å². The third-order valence-corrected chi connectivity index (χ3v) is 3.83. The standard InChI is InChI=1S/C14H20N6/c1-4-19-6-5-12-11(8-19)10(3)16-14(17-12)20-13(15)7-9(2)18-20/h7H,4-6,8,15H2,1-3H3. The van der Waals surface area contributed by atoms with Gasteiger partial charge in [-0.2, -0.15) is 9.78 Å². The molecule has 20 heavy (non-hydrogen) atoms. The smallest absolute Gasteiger partial charge is 0.252 e. The van der Waals surface area contributed by atoms with Crippen LogP contribution in [0.1, 0.15) is 29.6 Å². The van der Waals surface area contributed by atoms with Crippen molar-refractivity contribution in [3.63, 3.8) is 0 Å². The molecule has 0 saturated heterocycles. The Bertz CT molecular complexity index is 645. The van der Waals surface area contributed by atoms with Crippen LogP contribution in [-0.4, -0.2) is 37.7 Å². The highest BCUT2D eigenvalue weighted by Crippen LogP contribution is 2.21. The first-order valence-electron chi connectivity index (χ1n) is 6.99. The molecule has 2 aromatic heterocycles. The molecule has 0 saturated carbocycles. The highest BCUT2D eigenvalue weighted by atomic mass is 15.4. The molecule has 2 N–H and O–H groups in total. The number of nitrogen functional groups attached to an aromatic ring is 1. The lowest BCUT2D eigenvalue weighted by Crippen LogP contribution is -2.32. The number of aryl methyl sites for hydroxylation is 2. The van der Waals surface area contributed by atoms with Crippen molar-refractivity contribution in [3.8, 4) is 5.95 Å². The van der Waals surface area contributed by atoms with Crippen molar-refractivity contribution in [1.82, 2.24) is 24.6 Å². The average molecular weight is 272 g/mol. The third kappa shape index (κ3) is 2.16. The predicted molar refractivity (Wildman–Crippen MR) is 77.7 cm³/mol. The van der Waals surface area contributed by atoms with Gasteiger partial charge in [-0.05, 0) is 20.4 Å². The SMILES string of the molecule is CCN1CCc2nc(-n3nc(C)cc3N)nc(C)c2C1. The van der Waals surface area contributed by atoms with Crippen LogP contribution in [0.4, 0.5) is 5.82 Å². The Kier molecular flexibility index (Phi) is 3.17. The molecule has 0 unspecified atom stereocenters. The van der Waals surface area contributed by atoms with Gasteiger partial charge in [0.05, 0.1) is 11.4 Å². The Labute approximate surface area is 118 Å². The van der Waals surface area contributed by atoms with E-state index in [4.69, 9.17) is 5.73 Å². The number of nitrogens with zero attached hydrogens (tertiary/aromatic N) is 5. The van der Waals surface area contributed by atoms with E-state index in [9.17, 15) is 0 Å². The molecule has 106 valence electrons. The van der Waals surface area contributed by atoms with Crippen LogP contribution in [0, 0.1) is 13.8 Å². The molecule has 0 atom stereocenters. The zero-order valence-corrected chi connectivity index (χ0v) is 12.2. The van der Waals surface area contributed by atoms with Gasteiger partial charge in [-0.3, -0.25) is 4.90 Å². The van der Waals surface area contributed by atoms with Crippen molar-refractivity contribution in [2.75, 3.05) is 18.8 Å². The number of likely N-dealkylation sites (N-methyl/N-ethyl adjacent to an activating group) is 1. The number of hydrogen-bond donors (Lipinski definition) is 1. The van der Waals surface area contributed by atoms with Gasteiger partial charge in [-0.1, -0.05) is 6.92 Å². The summed E-state index contributed by atoms with van der Waals surface area (Å²) in [4.78, 5) is 11.7. The lowest BCUT2D eigenvalue weighted by molar-refractivity contribution is 0.264. The number of hydrogen-bond acceptors (Lipinski definition) is 5. The van der Waals surface area contributed by atoms with E-state index < -0.39 is 0 Å². The molecular formula is C14H20N6. The monoisotopic (exact) mass is 272 g/mol. The van der Waals surface area contributed by atoms with Gasteiger partial charge in [0.2, 0.25) is 0 Å². The lowest BCUT2D eigenvalue weighted by atomic mass is 10.0. The van der Waals surface area contributed by atoms with Crippen LogP contribution in [0.25, 0.3) is 5.95 Å². The van der Waals surface area contributed by atoms with Crippen LogP contribution in [-0.2, 0) is 13.0 Å². The Morgan fingerprint density at radius 2 is 2.10 bits per heavy atom. The van der Waals surface area contributed by atoms with Gasteiger partial charge < -0.3 is 5.73 Å². The maximum Gasteiger partial charge on any atom is 0.252 e. The quantitative estimate of drug-likeness (QED) is 0.890. The summed E-state index contributed by atoms with van der Waals surface area (Å²) < 4.78 is 1.62. The molecule has 3 rings (SSSR count). The van der Waals surface area contributed by atoms with Crippen LogP contribution in [0.5, 0.6) is 0 Å². The molecule has 0 aliphatic carbocycles. The largest absolute Gasteiger partial charge is 0.383 e. The molecule has 1 aliphatic rings. The Balaban J connectivity index is 2.04. The molecule has 0 spiro atoms. The molecule has 1 aliphatic heterocycles. The fourth-order valence-corrected chi connectivity index (χ4v) is 2.66. The van der Waals surface area contributed by atoms with Gasteiger partial charge in [0.15, 0.2) is 0 Å². The first kappa shape index (κ1) is 13.1. The van der Waals surface area contributed by atoms with Gasteiger partial charge in [0.1, 0.15) is 5.82 Å². The van der Waals surface area contributed by atoms with E-state index in [-0.39, 0.29) is 0 Å². The van der Waals surface area contributed by atoms with E-state index in [1.54, 1.807) is 4.68 Å². The zero-order chi connectivity index (χ0) is 14.3. The Hall–Kier alpha value is -1.95. The minimum absolute atomic E-state index is 0.577. The lowest BCUT2D eigenvalue weighted by Gasteiger charge is -2.27. The maximum absolute atomic E-state index is 5.96. The normalized spacial score (nSPS) is 15.3. The van der Waals surface area contributed by atoms with E-state index in [1.165, 1.54) is 5.56 Å². The topological polar surface area (TPSA) is 72.9 Å². The highest BCUT2D eigenvalue weighted by molar-refractivity contribution is 5.38.